The van der Waals surface area contributed by atoms with Crippen LogP contribution in [0, 0.1) is 13.8 Å². The summed E-state index contributed by atoms with van der Waals surface area (Å²) in [6.45, 7) is 6.71. The van der Waals surface area contributed by atoms with Crippen LogP contribution < -0.4 is 0 Å². The SMILES string of the molecule is C/C(=N/OCc1ccccc1)c1cc(-c2ccccc2)n(-c2ccc(C)cc2)c1C. The van der Waals surface area contributed by atoms with Crippen molar-refractivity contribution in [3.8, 4) is 16.9 Å². The van der Waals surface area contributed by atoms with Crippen LogP contribution >= 0.6 is 0 Å². The predicted octanol–water partition coefficient (Wildman–Crippen LogP) is 6.70. The third kappa shape index (κ3) is 4.20. The van der Waals surface area contributed by atoms with Crippen molar-refractivity contribution >= 4 is 5.71 Å². The minimum Gasteiger partial charge on any atom is -0.391 e. The van der Waals surface area contributed by atoms with Gasteiger partial charge in [-0.25, -0.2) is 0 Å². The molecule has 0 radical (unpaired) electrons. The van der Waals surface area contributed by atoms with Crippen molar-refractivity contribution in [3.63, 3.8) is 0 Å². The lowest BCUT2D eigenvalue weighted by Crippen LogP contribution is -2.02. The largest absolute Gasteiger partial charge is 0.391 e. The highest BCUT2D eigenvalue weighted by Crippen LogP contribution is 2.30. The summed E-state index contributed by atoms with van der Waals surface area (Å²) in [6, 6.07) is 31.4. The molecule has 0 N–H and O–H groups in total. The molecule has 0 aliphatic heterocycles. The quantitative estimate of drug-likeness (QED) is 0.264. The van der Waals surface area contributed by atoms with Gasteiger partial charge in [-0.1, -0.05) is 83.5 Å². The maximum Gasteiger partial charge on any atom is 0.142 e. The summed E-state index contributed by atoms with van der Waals surface area (Å²) in [6.07, 6.45) is 0. The van der Waals surface area contributed by atoms with E-state index in [2.05, 4.69) is 78.2 Å². The standard InChI is InChI=1S/C27H26N2O/c1-20-14-16-25(17-15-20)29-22(3)26(18-27(29)24-12-8-5-9-13-24)21(2)28-30-19-23-10-6-4-7-11-23/h4-18H,19H2,1-3H3/b28-21-. The molecule has 0 unspecified atom stereocenters. The fraction of sp³-hybridized carbons (Fsp3) is 0.148. The van der Waals surface area contributed by atoms with Crippen molar-refractivity contribution in [3.05, 3.63) is 113 Å². The molecule has 150 valence electrons. The van der Waals surface area contributed by atoms with Crippen molar-refractivity contribution in [1.82, 2.24) is 4.57 Å². The second-order valence-corrected chi connectivity index (χ2v) is 7.50. The molecule has 30 heavy (non-hydrogen) atoms. The highest BCUT2D eigenvalue weighted by atomic mass is 16.6. The highest BCUT2D eigenvalue weighted by molar-refractivity contribution is 6.01. The molecule has 0 aliphatic carbocycles. The third-order valence-corrected chi connectivity index (χ3v) is 5.27. The molecule has 3 heteroatoms. The predicted molar refractivity (Wildman–Crippen MR) is 124 cm³/mol. The van der Waals surface area contributed by atoms with Crippen molar-refractivity contribution in [2.24, 2.45) is 5.16 Å². The van der Waals surface area contributed by atoms with E-state index in [1.807, 2.05) is 43.3 Å². The van der Waals surface area contributed by atoms with Gasteiger partial charge in [0, 0.05) is 16.9 Å². The van der Waals surface area contributed by atoms with Crippen LogP contribution in [0.25, 0.3) is 16.9 Å². The molecule has 0 fully saturated rings. The van der Waals surface area contributed by atoms with E-state index in [0.717, 1.165) is 33.9 Å². The first-order chi connectivity index (χ1) is 14.6. The first-order valence-corrected chi connectivity index (χ1v) is 10.2. The van der Waals surface area contributed by atoms with Gasteiger partial charge in [0.15, 0.2) is 0 Å². The van der Waals surface area contributed by atoms with E-state index in [1.54, 1.807) is 0 Å². The van der Waals surface area contributed by atoms with E-state index in [1.165, 1.54) is 11.1 Å². The Hall–Kier alpha value is -3.59. The van der Waals surface area contributed by atoms with E-state index in [0.29, 0.717) is 6.61 Å². The van der Waals surface area contributed by atoms with Gasteiger partial charge in [-0.2, -0.15) is 0 Å². The van der Waals surface area contributed by atoms with Gasteiger partial charge in [0.25, 0.3) is 0 Å². The zero-order valence-electron chi connectivity index (χ0n) is 17.7. The fourth-order valence-corrected chi connectivity index (χ4v) is 3.65. The molecule has 0 bridgehead atoms. The van der Waals surface area contributed by atoms with Crippen molar-refractivity contribution in [1.29, 1.82) is 0 Å². The average molecular weight is 395 g/mol. The zero-order chi connectivity index (χ0) is 20.9. The molecule has 4 rings (SSSR count). The smallest absolute Gasteiger partial charge is 0.142 e. The van der Waals surface area contributed by atoms with E-state index in [9.17, 15) is 0 Å². The van der Waals surface area contributed by atoms with Crippen LogP contribution in [-0.4, -0.2) is 10.3 Å². The molecule has 0 spiro atoms. The highest BCUT2D eigenvalue weighted by Gasteiger charge is 2.17. The van der Waals surface area contributed by atoms with Crippen LogP contribution in [0.5, 0.6) is 0 Å². The Kier molecular flexibility index (Phi) is 5.80. The lowest BCUT2D eigenvalue weighted by atomic mass is 10.1. The minimum absolute atomic E-state index is 0.460. The lowest BCUT2D eigenvalue weighted by molar-refractivity contribution is 0.130. The van der Waals surface area contributed by atoms with Crippen molar-refractivity contribution in [2.45, 2.75) is 27.4 Å². The van der Waals surface area contributed by atoms with Gasteiger partial charge in [-0.3, -0.25) is 0 Å². The van der Waals surface area contributed by atoms with Gasteiger partial charge < -0.3 is 9.40 Å². The Morgan fingerprint density at radius 1 is 0.833 bits per heavy atom. The number of nitrogens with zero attached hydrogens (tertiary/aromatic N) is 2. The second-order valence-electron chi connectivity index (χ2n) is 7.50. The topological polar surface area (TPSA) is 26.5 Å². The van der Waals surface area contributed by atoms with Crippen LogP contribution in [0.1, 0.15) is 29.3 Å². The van der Waals surface area contributed by atoms with E-state index >= 15 is 0 Å². The molecule has 0 amide bonds. The molecular formula is C27H26N2O. The van der Waals surface area contributed by atoms with Crippen LogP contribution in [-0.2, 0) is 11.4 Å². The lowest BCUT2D eigenvalue weighted by Gasteiger charge is -2.13. The monoisotopic (exact) mass is 394 g/mol. The molecule has 1 heterocycles. The summed E-state index contributed by atoms with van der Waals surface area (Å²) in [5.41, 5.74) is 8.90. The Labute approximate surface area is 178 Å². The summed E-state index contributed by atoms with van der Waals surface area (Å²) >= 11 is 0. The third-order valence-electron chi connectivity index (χ3n) is 5.27. The van der Waals surface area contributed by atoms with E-state index in [-0.39, 0.29) is 0 Å². The van der Waals surface area contributed by atoms with Gasteiger partial charge >= 0.3 is 0 Å². The minimum atomic E-state index is 0.460. The molecule has 4 aromatic rings. The maximum atomic E-state index is 5.65. The van der Waals surface area contributed by atoms with E-state index in [4.69, 9.17) is 4.84 Å². The molecule has 3 nitrogen and oxygen atoms in total. The second kappa shape index (κ2) is 8.83. The number of hydrogen-bond acceptors (Lipinski definition) is 2. The average Bonchev–Trinajstić information content (AvgIpc) is 3.13. The number of aromatic nitrogens is 1. The molecule has 0 saturated heterocycles. The summed E-state index contributed by atoms with van der Waals surface area (Å²) < 4.78 is 2.29. The van der Waals surface area contributed by atoms with Crippen LogP contribution in [0.3, 0.4) is 0 Å². The molecule has 1 aromatic heterocycles. The van der Waals surface area contributed by atoms with Crippen LogP contribution in [0.4, 0.5) is 0 Å². The Bertz CT molecular complexity index is 1140. The summed E-state index contributed by atoms with van der Waals surface area (Å²) in [7, 11) is 0. The normalized spacial score (nSPS) is 11.5. The van der Waals surface area contributed by atoms with E-state index < -0.39 is 0 Å². The number of benzene rings is 3. The first-order valence-electron chi connectivity index (χ1n) is 10.2. The summed E-state index contributed by atoms with van der Waals surface area (Å²) in [5, 5.41) is 4.41. The summed E-state index contributed by atoms with van der Waals surface area (Å²) in [5.74, 6) is 0. The number of hydrogen-bond donors (Lipinski definition) is 0. The molecule has 0 saturated carbocycles. The van der Waals surface area contributed by atoms with Gasteiger partial charge in [-0.05, 0) is 50.1 Å². The van der Waals surface area contributed by atoms with Gasteiger partial charge in [0.2, 0.25) is 0 Å². The zero-order valence-corrected chi connectivity index (χ0v) is 17.7. The molecular weight excluding hydrogens is 368 g/mol. The van der Waals surface area contributed by atoms with Gasteiger partial charge in [-0.15, -0.1) is 0 Å². The Morgan fingerprint density at radius 2 is 1.47 bits per heavy atom. The Balaban J connectivity index is 1.71. The van der Waals surface area contributed by atoms with Crippen LogP contribution in [0.2, 0.25) is 0 Å². The molecule has 0 aliphatic rings. The number of rotatable bonds is 6. The van der Waals surface area contributed by atoms with Crippen molar-refractivity contribution in [2.75, 3.05) is 0 Å². The number of oxime groups is 1. The molecule has 3 aromatic carbocycles. The maximum absolute atomic E-state index is 5.65. The fourth-order valence-electron chi connectivity index (χ4n) is 3.65. The Morgan fingerprint density at radius 3 is 2.13 bits per heavy atom. The number of aryl methyl sites for hydroxylation is 1. The first kappa shape index (κ1) is 19.7. The van der Waals surface area contributed by atoms with Gasteiger partial charge in [0.1, 0.15) is 6.61 Å². The van der Waals surface area contributed by atoms with Gasteiger partial charge in [0.05, 0.1) is 11.4 Å². The summed E-state index contributed by atoms with van der Waals surface area (Å²) in [4.78, 5) is 5.65. The van der Waals surface area contributed by atoms with Crippen molar-refractivity contribution < 1.29 is 4.84 Å². The molecule has 0 atom stereocenters. The van der Waals surface area contributed by atoms with Crippen LogP contribution in [0.15, 0.2) is 96.2 Å².